The second-order valence-corrected chi connectivity index (χ2v) is 6.29. The molecular weight excluding hydrogens is 264 g/mol. The van der Waals surface area contributed by atoms with Crippen molar-refractivity contribution in [1.82, 2.24) is 10.2 Å². The number of methoxy groups -OCH3 is 1. The molecule has 1 aromatic carbocycles. The van der Waals surface area contributed by atoms with E-state index in [2.05, 4.69) is 43.1 Å². The Hall–Kier alpha value is -1.10. The van der Waals surface area contributed by atoms with E-state index in [1.165, 1.54) is 5.56 Å². The summed E-state index contributed by atoms with van der Waals surface area (Å²) >= 11 is 0. The Morgan fingerprint density at radius 3 is 2.43 bits per heavy atom. The van der Waals surface area contributed by atoms with Crippen LogP contribution in [0.1, 0.15) is 32.4 Å². The Labute approximate surface area is 128 Å². The van der Waals surface area contributed by atoms with Crippen LogP contribution in [0, 0.1) is 0 Å². The standard InChI is InChI=1S/C17H28N2O2/c1-14(15-5-7-16(20-4)8-6-15)18-13-17(2,3)19-9-11-21-12-10-19/h5-8,14,18H,9-13H2,1-4H3. The van der Waals surface area contributed by atoms with Crippen molar-refractivity contribution in [2.45, 2.75) is 32.4 Å². The highest BCUT2D eigenvalue weighted by atomic mass is 16.5. The summed E-state index contributed by atoms with van der Waals surface area (Å²) in [6, 6.07) is 8.61. The first-order valence-corrected chi connectivity index (χ1v) is 7.73. The lowest BCUT2D eigenvalue weighted by molar-refractivity contribution is -0.0102. The smallest absolute Gasteiger partial charge is 0.118 e. The number of morpholine rings is 1. The van der Waals surface area contributed by atoms with Gasteiger partial charge in [0.1, 0.15) is 5.75 Å². The average Bonchev–Trinajstić information content (AvgIpc) is 2.53. The van der Waals surface area contributed by atoms with Crippen LogP contribution < -0.4 is 10.1 Å². The van der Waals surface area contributed by atoms with E-state index in [1.807, 2.05) is 12.1 Å². The molecular formula is C17H28N2O2. The van der Waals surface area contributed by atoms with Crippen LogP contribution in [0.25, 0.3) is 0 Å². The highest BCUT2D eigenvalue weighted by Crippen LogP contribution is 2.20. The number of hydrogen-bond donors (Lipinski definition) is 1. The van der Waals surface area contributed by atoms with Crippen LogP contribution in [-0.4, -0.2) is 50.4 Å². The summed E-state index contributed by atoms with van der Waals surface area (Å²) in [4.78, 5) is 2.50. The summed E-state index contributed by atoms with van der Waals surface area (Å²) in [5, 5.41) is 3.65. The van der Waals surface area contributed by atoms with E-state index < -0.39 is 0 Å². The lowest BCUT2D eigenvalue weighted by Gasteiger charge is -2.41. The molecule has 0 saturated carbocycles. The molecule has 1 heterocycles. The Bertz CT molecular complexity index is 425. The molecule has 1 saturated heterocycles. The first kappa shape index (κ1) is 16.3. The minimum atomic E-state index is 0.143. The van der Waals surface area contributed by atoms with Gasteiger partial charge in [-0.25, -0.2) is 0 Å². The molecule has 0 aromatic heterocycles. The van der Waals surface area contributed by atoms with Gasteiger partial charge in [0.05, 0.1) is 20.3 Å². The van der Waals surface area contributed by atoms with Gasteiger partial charge in [-0.1, -0.05) is 12.1 Å². The number of rotatable bonds is 6. The Morgan fingerprint density at radius 1 is 1.24 bits per heavy atom. The van der Waals surface area contributed by atoms with E-state index in [9.17, 15) is 0 Å². The van der Waals surface area contributed by atoms with Crippen LogP contribution in [0.4, 0.5) is 0 Å². The van der Waals surface area contributed by atoms with Crippen LogP contribution >= 0.6 is 0 Å². The number of nitrogens with one attached hydrogen (secondary N) is 1. The normalized spacial score (nSPS) is 18.5. The van der Waals surface area contributed by atoms with Crippen molar-refractivity contribution < 1.29 is 9.47 Å². The SMILES string of the molecule is COc1ccc(C(C)NCC(C)(C)N2CCOCC2)cc1. The molecule has 1 fully saturated rings. The van der Waals surface area contributed by atoms with Gasteiger partial charge in [-0.2, -0.15) is 0 Å². The third kappa shape index (κ3) is 4.43. The molecule has 118 valence electrons. The molecule has 1 aliphatic heterocycles. The van der Waals surface area contributed by atoms with E-state index in [0.717, 1.165) is 38.6 Å². The van der Waals surface area contributed by atoms with Gasteiger partial charge >= 0.3 is 0 Å². The third-order valence-corrected chi connectivity index (χ3v) is 4.32. The molecule has 0 radical (unpaired) electrons. The van der Waals surface area contributed by atoms with Crippen molar-refractivity contribution >= 4 is 0 Å². The summed E-state index contributed by atoms with van der Waals surface area (Å²) < 4.78 is 10.6. The second kappa shape index (κ2) is 7.25. The van der Waals surface area contributed by atoms with Crippen molar-refractivity contribution in [2.24, 2.45) is 0 Å². The van der Waals surface area contributed by atoms with Gasteiger partial charge in [-0.15, -0.1) is 0 Å². The molecule has 1 unspecified atom stereocenters. The Balaban J connectivity index is 1.88. The first-order valence-electron chi connectivity index (χ1n) is 7.73. The predicted octanol–water partition coefficient (Wildman–Crippen LogP) is 2.46. The van der Waals surface area contributed by atoms with Crippen molar-refractivity contribution in [2.75, 3.05) is 40.0 Å². The summed E-state index contributed by atoms with van der Waals surface area (Å²) in [6.45, 7) is 11.5. The molecule has 1 aliphatic rings. The maximum Gasteiger partial charge on any atom is 0.118 e. The zero-order chi connectivity index (χ0) is 15.3. The van der Waals surface area contributed by atoms with Gasteiger partial charge in [-0.05, 0) is 38.5 Å². The minimum Gasteiger partial charge on any atom is -0.497 e. The van der Waals surface area contributed by atoms with E-state index in [1.54, 1.807) is 7.11 Å². The zero-order valence-corrected chi connectivity index (χ0v) is 13.7. The van der Waals surface area contributed by atoms with Crippen LogP contribution in [-0.2, 0) is 4.74 Å². The van der Waals surface area contributed by atoms with Crippen molar-refractivity contribution in [3.8, 4) is 5.75 Å². The summed E-state index contributed by atoms with van der Waals surface area (Å²) in [5.41, 5.74) is 1.43. The predicted molar refractivity (Wildman–Crippen MR) is 85.9 cm³/mol. The Morgan fingerprint density at radius 2 is 1.86 bits per heavy atom. The molecule has 1 aromatic rings. The number of nitrogens with zero attached hydrogens (tertiary/aromatic N) is 1. The molecule has 0 amide bonds. The lowest BCUT2D eigenvalue weighted by Crippen LogP contribution is -2.54. The van der Waals surface area contributed by atoms with Crippen LogP contribution in [0.2, 0.25) is 0 Å². The van der Waals surface area contributed by atoms with Crippen molar-refractivity contribution in [3.05, 3.63) is 29.8 Å². The molecule has 4 nitrogen and oxygen atoms in total. The fourth-order valence-corrected chi connectivity index (χ4v) is 2.69. The van der Waals surface area contributed by atoms with Crippen LogP contribution in [0.15, 0.2) is 24.3 Å². The topological polar surface area (TPSA) is 33.7 Å². The van der Waals surface area contributed by atoms with Gasteiger partial charge in [0.2, 0.25) is 0 Å². The van der Waals surface area contributed by atoms with Gasteiger partial charge in [-0.3, -0.25) is 4.90 Å². The summed E-state index contributed by atoms with van der Waals surface area (Å²) in [5.74, 6) is 0.902. The highest BCUT2D eigenvalue weighted by molar-refractivity contribution is 5.28. The van der Waals surface area contributed by atoms with Gasteiger partial charge in [0.25, 0.3) is 0 Å². The Kier molecular flexibility index (Phi) is 5.62. The van der Waals surface area contributed by atoms with Crippen molar-refractivity contribution in [3.63, 3.8) is 0 Å². The fourth-order valence-electron chi connectivity index (χ4n) is 2.69. The maximum atomic E-state index is 5.44. The molecule has 1 N–H and O–H groups in total. The molecule has 21 heavy (non-hydrogen) atoms. The van der Waals surface area contributed by atoms with Gasteiger partial charge < -0.3 is 14.8 Å². The monoisotopic (exact) mass is 292 g/mol. The van der Waals surface area contributed by atoms with E-state index in [-0.39, 0.29) is 5.54 Å². The molecule has 0 aliphatic carbocycles. The number of benzene rings is 1. The van der Waals surface area contributed by atoms with E-state index >= 15 is 0 Å². The zero-order valence-electron chi connectivity index (χ0n) is 13.7. The van der Waals surface area contributed by atoms with Crippen LogP contribution in [0.3, 0.4) is 0 Å². The van der Waals surface area contributed by atoms with E-state index in [4.69, 9.17) is 9.47 Å². The summed E-state index contributed by atoms with van der Waals surface area (Å²) in [7, 11) is 1.70. The molecule has 0 bridgehead atoms. The third-order valence-electron chi connectivity index (χ3n) is 4.32. The summed E-state index contributed by atoms with van der Waals surface area (Å²) in [6.07, 6.45) is 0. The van der Waals surface area contributed by atoms with Crippen LogP contribution in [0.5, 0.6) is 5.75 Å². The maximum absolute atomic E-state index is 5.44. The molecule has 0 spiro atoms. The number of ether oxygens (including phenoxy) is 2. The fraction of sp³-hybridized carbons (Fsp3) is 0.647. The number of hydrogen-bond acceptors (Lipinski definition) is 4. The van der Waals surface area contributed by atoms with Gasteiger partial charge in [0, 0.05) is 31.2 Å². The average molecular weight is 292 g/mol. The van der Waals surface area contributed by atoms with Crippen molar-refractivity contribution in [1.29, 1.82) is 0 Å². The highest BCUT2D eigenvalue weighted by Gasteiger charge is 2.28. The molecule has 2 rings (SSSR count). The first-order chi connectivity index (χ1) is 10.0. The second-order valence-electron chi connectivity index (χ2n) is 6.29. The van der Waals surface area contributed by atoms with Gasteiger partial charge in [0.15, 0.2) is 0 Å². The largest absolute Gasteiger partial charge is 0.497 e. The van der Waals surface area contributed by atoms with E-state index in [0.29, 0.717) is 6.04 Å². The molecule has 4 heteroatoms. The lowest BCUT2D eigenvalue weighted by atomic mass is 10.0. The quantitative estimate of drug-likeness (QED) is 0.873. The molecule has 1 atom stereocenters. The minimum absolute atomic E-state index is 0.143.